The summed E-state index contributed by atoms with van der Waals surface area (Å²) in [6.07, 6.45) is 6.54. The highest BCUT2D eigenvalue weighted by Gasteiger charge is 2.19. The minimum Gasteiger partial charge on any atom is -0.230 e. The monoisotopic (exact) mass is 206 g/mol. The molecule has 1 aromatic rings. The van der Waals surface area contributed by atoms with Gasteiger partial charge in [-0.2, -0.15) is 5.26 Å². The van der Waals surface area contributed by atoms with E-state index in [0.29, 0.717) is 11.6 Å². The van der Waals surface area contributed by atoms with Gasteiger partial charge in [0.15, 0.2) is 5.69 Å². The minimum atomic E-state index is 0.634. The first-order valence-corrected chi connectivity index (χ1v) is 6.00. The van der Waals surface area contributed by atoms with E-state index in [9.17, 15) is 0 Å². The molecule has 0 aromatic carbocycles. The molecule has 0 unspecified atom stereocenters. The highest BCUT2D eigenvalue weighted by atomic mass is 32.1. The summed E-state index contributed by atoms with van der Waals surface area (Å²) >= 11 is 1.71. The second-order valence-electron chi connectivity index (χ2n) is 3.90. The van der Waals surface area contributed by atoms with E-state index in [1.807, 2.05) is 6.92 Å². The van der Waals surface area contributed by atoms with Crippen molar-refractivity contribution in [2.24, 2.45) is 0 Å². The molecule has 3 heteroatoms. The van der Waals surface area contributed by atoms with Crippen LogP contribution < -0.4 is 0 Å². The van der Waals surface area contributed by atoms with Crippen molar-refractivity contribution in [3.63, 3.8) is 0 Å². The summed E-state index contributed by atoms with van der Waals surface area (Å²) in [6.45, 7) is 1.99. The summed E-state index contributed by atoms with van der Waals surface area (Å²) in [5.74, 6) is 0.634. The molecule has 1 aliphatic carbocycles. The summed E-state index contributed by atoms with van der Waals surface area (Å²) in [4.78, 5) is 5.49. The topological polar surface area (TPSA) is 36.7 Å². The largest absolute Gasteiger partial charge is 0.230 e. The molecule has 2 rings (SSSR count). The van der Waals surface area contributed by atoms with Crippen molar-refractivity contribution in [3.05, 3.63) is 15.6 Å². The van der Waals surface area contributed by atoms with Gasteiger partial charge in [0.25, 0.3) is 0 Å². The molecule has 74 valence electrons. The average molecular weight is 206 g/mol. The number of aryl methyl sites for hydroxylation is 1. The first-order chi connectivity index (χ1) is 6.81. The van der Waals surface area contributed by atoms with Gasteiger partial charge in [0.1, 0.15) is 6.07 Å². The van der Waals surface area contributed by atoms with E-state index in [2.05, 4.69) is 11.1 Å². The van der Waals surface area contributed by atoms with Gasteiger partial charge in [-0.1, -0.05) is 19.3 Å². The highest BCUT2D eigenvalue weighted by Crippen LogP contribution is 2.35. The number of hydrogen-bond donors (Lipinski definition) is 0. The van der Waals surface area contributed by atoms with Crippen LogP contribution in [0.1, 0.15) is 53.6 Å². The van der Waals surface area contributed by atoms with Gasteiger partial charge in [-0.3, -0.25) is 0 Å². The molecule has 0 aliphatic heterocycles. The van der Waals surface area contributed by atoms with E-state index in [1.54, 1.807) is 11.3 Å². The Labute approximate surface area is 88.6 Å². The van der Waals surface area contributed by atoms with E-state index in [1.165, 1.54) is 37.1 Å². The van der Waals surface area contributed by atoms with Crippen molar-refractivity contribution in [3.8, 4) is 6.07 Å². The molecule has 0 saturated heterocycles. The molecule has 14 heavy (non-hydrogen) atoms. The van der Waals surface area contributed by atoms with Crippen LogP contribution in [-0.4, -0.2) is 4.98 Å². The zero-order chi connectivity index (χ0) is 9.97. The van der Waals surface area contributed by atoms with Gasteiger partial charge in [0.2, 0.25) is 0 Å². The third-order valence-electron chi connectivity index (χ3n) is 2.87. The molecule has 0 radical (unpaired) electrons. The molecular formula is C11H14N2S. The Kier molecular flexibility index (Phi) is 2.83. The van der Waals surface area contributed by atoms with Crippen LogP contribution in [0.3, 0.4) is 0 Å². The van der Waals surface area contributed by atoms with Crippen LogP contribution >= 0.6 is 11.3 Å². The lowest BCUT2D eigenvalue weighted by Gasteiger charge is -2.18. The quantitative estimate of drug-likeness (QED) is 0.706. The number of rotatable bonds is 1. The van der Waals surface area contributed by atoms with E-state index in [-0.39, 0.29) is 0 Å². The van der Waals surface area contributed by atoms with Crippen molar-refractivity contribution in [1.29, 1.82) is 5.26 Å². The SMILES string of the molecule is Cc1sc(C2CCCCC2)nc1C#N. The van der Waals surface area contributed by atoms with E-state index >= 15 is 0 Å². The normalized spacial score (nSPS) is 18.0. The van der Waals surface area contributed by atoms with Crippen LogP contribution in [-0.2, 0) is 0 Å². The molecule has 2 nitrogen and oxygen atoms in total. The van der Waals surface area contributed by atoms with Crippen LogP contribution in [0.15, 0.2) is 0 Å². The predicted octanol–water partition coefficient (Wildman–Crippen LogP) is 3.37. The zero-order valence-electron chi connectivity index (χ0n) is 8.42. The Bertz CT molecular complexity index is 356. The van der Waals surface area contributed by atoms with Gasteiger partial charge in [-0.05, 0) is 19.8 Å². The van der Waals surface area contributed by atoms with Crippen molar-refractivity contribution in [2.45, 2.75) is 44.9 Å². The van der Waals surface area contributed by atoms with Crippen LogP contribution in [0.25, 0.3) is 0 Å². The number of thiazole rings is 1. The second kappa shape index (κ2) is 4.10. The molecule has 0 N–H and O–H groups in total. The van der Waals surface area contributed by atoms with E-state index in [4.69, 9.17) is 5.26 Å². The Morgan fingerprint density at radius 1 is 1.36 bits per heavy atom. The molecule has 1 saturated carbocycles. The van der Waals surface area contributed by atoms with E-state index < -0.39 is 0 Å². The highest BCUT2D eigenvalue weighted by molar-refractivity contribution is 7.11. The van der Waals surface area contributed by atoms with Crippen LogP contribution in [0.5, 0.6) is 0 Å². The van der Waals surface area contributed by atoms with Crippen molar-refractivity contribution >= 4 is 11.3 Å². The van der Waals surface area contributed by atoms with Gasteiger partial charge >= 0.3 is 0 Å². The first-order valence-electron chi connectivity index (χ1n) is 5.18. The fourth-order valence-corrected chi connectivity index (χ4v) is 3.09. The van der Waals surface area contributed by atoms with Crippen LogP contribution in [0, 0.1) is 18.3 Å². The van der Waals surface area contributed by atoms with Gasteiger partial charge in [-0.25, -0.2) is 4.98 Å². The number of hydrogen-bond acceptors (Lipinski definition) is 3. The summed E-state index contributed by atoms with van der Waals surface area (Å²) in [6, 6.07) is 2.15. The first kappa shape index (κ1) is 9.67. The standard InChI is InChI=1S/C11H14N2S/c1-8-10(7-12)13-11(14-8)9-5-3-2-4-6-9/h9H,2-6H2,1H3. The maximum atomic E-state index is 8.82. The molecule has 0 spiro atoms. The van der Waals surface area contributed by atoms with Crippen molar-refractivity contribution in [1.82, 2.24) is 4.98 Å². The molecule has 0 bridgehead atoms. The lowest BCUT2D eigenvalue weighted by atomic mass is 9.90. The summed E-state index contributed by atoms with van der Waals surface area (Å²) < 4.78 is 0. The van der Waals surface area contributed by atoms with Crippen molar-refractivity contribution < 1.29 is 0 Å². The Morgan fingerprint density at radius 2 is 2.07 bits per heavy atom. The fraction of sp³-hybridized carbons (Fsp3) is 0.636. The lowest BCUT2D eigenvalue weighted by Crippen LogP contribution is -2.03. The van der Waals surface area contributed by atoms with Gasteiger partial charge in [-0.15, -0.1) is 11.3 Å². The summed E-state index contributed by atoms with van der Waals surface area (Å²) in [5, 5.41) is 10.0. The second-order valence-corrected chi connectivity index (χ2v) is 5.14. The smallest absolute Gasteiger partial charge is 0.154 e. The summed E-state index contributed by atoms with van der Waals surface area (Å²) in [7, 11) is 0. The van der Waals surface area contributed by atoms with Gasteiger partial charge in [0.05, 0.1) is 5.01 Å². The molecular weight excluding hydrogens is 192 g/mol. The van der Waals surface area contributed by atoms with Crippen molar-refractivity contribution in [2.75, 3.05) is 0 Å². The lowest BCUT2D eigenvalue weighted by molar-refractivity contribution is 0.442. The van der Waals surface area contributed by atoms with Crippen LogP contribution in [0.2, 0.25) is 0 Å². The fourth-order valence-electron chi connectivity index (χ4n) is 2.04. The van der Waals surface area contributed by atoms with Gasteiger partial charge < -0.3 is 0 Å². The maximum Gasteiger partial charge on any atom is 0.154 e. The third-order valence-corrected chi connectivity index (χ3v) is 4.01. The molecule has 0 atom stereocenters. The Hall–Kier alpha value is -0.880. The van der Waals surface area contributed by atoms with Crippen LogP contribution in [0.4, 0.5) is 0 Å². The molecule has 1 fully saturated rings. The maximum absolute atomic E-state index is 8.82. The summed E-state index contributed by atoms with van der Waals surface area (Å²) in [5.41, 5.74) is 0.635. The Morgan fingerprint density at radius 3 is 2.64 bits per heavy atom. The minimum absolute atomic E-state index is 0.634. The number of nitriles is 1. The molecule has 1 aliphatic rings. The molecule has 0 amide bonds. The molecule has 1 heterocycles. The predicted molar refractivity (Wildman–Crippen MR) is 57.4 cm³/mol. The number of aromatic nitrogens is 1. The Balaban J connectivity index is 2.19. The average Bonchev–Trinajstić information content (AvgIpc) is 2.61. The zero-order valence-corrected chi connectivity index (χ0v) is 9.23. The number of nitrogens with zero attached hydrogens (tertiary/aromatic N) is 2. The molecule has 1 aromatic heterocycles. The van der Waals surface area contributed by atoms with E-state index in [0.717, 1.165) is 4.88 Å². The van der Waals surface area contributed by atoms with Gasteiger partial charge in [0, 0.05) is 10.8 Å². The third kappa shape index (κ3) is 1.80.